The van der Waals surface area contributed by atoms with Gasteiger partial charge in [0.25, 0.3) is 0 Å². The van der Waals surface area contributed by atoms with Crippen LogP contribution in [0.5, 0.6) is 0 Å². The van der Waals surface area contributed by atoms with Crippen molar-refractivity contribution in [2.24, 2.45) is 0 Å². The molecule has 2 aliphatic rings. The molecule has 20 heavy (non-hydrogen) atoms. The van der Waals surface area contributed by atoms with Gasteiger partial charge in [-0.3, -0.25) is 0 Å². The highest BCUT2D eigenvalue weighted by atomic mass is 15.1. The quantitative estimate of drug-likeness (QED) is 0.925. The largest absolute Gasteiger partial charge is 0.366 e. The molecule has 1 aromatic carbocycles. The summed E-state index contributed by atoms with van der Waals surface area (Å²) in [7, 11) is 0. The van der Waals surface area contributed by atoms with E-state index in [1.807, 2.05) is 0 Å². The Labute approximate surface area is 119 Å². The second-order valence-corrected chi connectivity index (χ2v) is 5.86. The molecule has 4 rings (SSSR count). The second-order valence-electron chi connectivity index (χ2n) is 5.86. The molecular weight excluding hydrogens is 246 g/mol. The fraction of sp³-hybridized carbons (Fsp3) is 0.412. The molecule has 2 aliphatic carbocycles. The van der Waals surface area contributed by atoms with Gasteiger partial charge in [0.15, 0.2) is 0 Å². The first-order valence-electron chi connectivity index (χ1n) is 7.56. The van der Waals surface area contributed by atoms with Gasteiger partial charge in [-0.25, -0.2) is 9.97 Å². The van der Waals surface area contributed by atoms with E-state index in [-0.39, 0.29) is 0 Å². The zero-order chi connectivity index (χ0) is 13.4. The number of rotatable bonds is 3. The van der Waals surface area contributed by atoms with Crippen LogP contribution >= 0.6 is 0 Å². The molecule has 2 unspecified atom stereocenters. The smallest absolute Gasteiger partial charge is 0.133 e. The lowest BCUT2D eigenvalue weighted by Gasteiger charge is -2.18. The highest BCUT2D eigenvalue weighted by Gasteiger charge is 2.39. The molecule has 0 saturated heterocycles. The molecule has 3 nitrogen and oxygen atoms in total. The summed E-state index contributed by atoms with van der Waals surface area (Å²) in [6, 6.07) is 11.3. The summed E-state index contributed by atoms with van der Waals surface area (Å²) in [4.78, 5) is 8.91. The summed E-state index contributed by atoms with van der Waals surface area (Å²) >= 11 is 0. The predicted molar refractivity (Wildman–Crippen MR) is 79.9 cm³/mol. The number of anilines is 1. The Bertz CT molecular complexity index is 609. The van der Waals surface area contributed by atoms with Crippen molar-refractivity contribution in [1.82, 2.24) is 9.97 Å². The third-order valence-corrected chi connectivity index (χ3v) is 4.47. The summed E-state index contributed by atoms with van der Waals surface area (Å²) in [6.07, 6.45) is 7.69. The predicted octanol–water partition coefficient (Wildman–Crippen LogP) is 3.32. The number of nitrogens with zero attached hydrogens (tertiary/aromatic N) is 2. The van der Waals surface area contributed by atoms with E-state index in [0.29, 0.717) is 12.0 Å². The molecule has 1 aromatic heterocycles. The fourth-order valence-corrected chi connectivity index (χ4v) is 3.24. The van der Waals surface area contributed by atoms with Crippen molar-refractivity contribution in [2.75, 3.05) is 5.32 Å². The van der Waals surface area contributed by atoms with E-state index in [0.717, 1.165) is 18.7 Å². The summed E-state index contributed by atoms with van der Waals surface area (Å²) < 4.78 is 0. The Morgan fingerprint density at radius 2 is 1.85 bits per heavy atom. The van der Waals surface area contributed by atoms with Crippen LogP contribution in [-0.4, -0.2) is 16.0 Å². The fourth-order valence-electron chi connectivity index (χ4n) is 3.24. The molecular formula is C17H19N3. The molecule has 1 fully saturated rings. The van der Waals surface area contributed by atoms with Gasteiger partial charge in [-0.15, -0.1) is 0 Å². The van der Waals surface area contributed by atoms with Crippen LogP contribution in [0.1, 0.15) is 42.0 Å². The highest BCUT2D eigenvalue weighted by Crippen LogP contribution is 2.43. The third-order valence-electron chi connectivity index (χ3n) is 4.47. The molecule has 1 heterocycles. The van der Waals surface area contributed by atoms with Crippen LogP contribution in [0.2, 0.25) is 0 Å². The molecule has 2 aromatic rings. The van der Waals surface area contributed by atoms with E-state index in [1.165, 1.54) is 36.1 Å². The van der Waals surface area contributed by atoms with Gasteiger partial charge >= 0.3 is 0 Å². The Kier molecular flexibility index (Phi) is 2.91. The van der Waals surface area contributed by atoms with E-state index in [4.69, 9.17) is 0 Å². The van der Waals surface area contributed by atoms with Gasteiger partial charge < -0.3 is 5.32 Å². The van der Waals surface area contributed by atoms with Crippen LogP contribution in [0.3, 0.4) is 0 Å². The van der Waals surface area contributed by atoms with Crippen LogP contribution in [0, 0.1) is 0 Å². The van der Waals surface area contributed by atoms with Crippen LogP contribution in [0.15, 0.2) is 36.7 Å². The number of aromatic nitrogens is 2. The Morgan fingerprint density at radius 1 is 1.00 bits per heavy atom. The van der Waals surface area contributed by atoms with Crippen LogP contribution in [-0.2, 0) is 12.8 Å². The van der Waals surface area contributed by atoms with Crippen LogP contribution in [0.25, 0.3) is 0 Å². The number of nitrogens with one attached hydrogen (secondary N) is 1. The molecule has 0 spiro atoms. The van der Waals surface area contributed by atoms with Crippen molar-refractivity contribution in [2.45, 2.75) is 44.1 Å². The monoisotopic (exact) mass is 265 g/mol. The third kappa shape index (κ3) is 2.17. The summed E-state index contributed by atoms with van der Waals surface area (Å²) in [5, 5.41) is 3.64. The van der Waals surface area contributed by atoms with Crippen molar-refractivity contribution < 1.29 is 0 Å². The lowest BCUT2D eigenvalue weighted by Crippen LogP contribution is -2.14. The molecule has 0 amide bonds. The van der Waals surface area contributed by atoms with Gasteiger partial charge in [-0.2, -0.15) is 0 Å². The molecule has 102 valence electrons. The van der Waals surface area contributed by atoms with Gasteiger partial charge in [0.1, 0.15) is 12.1 Å². The molecule has 0 aliphatic heterocycles. The maximum atomic E-state index is 4.48. The standard InChI is InChI=1S/C17H19N3/c1-2-6-12(7-3-1)14-10-16(14)20-17-13-8-4-5-9-15(13)18-11-19-17/h1-3,6-7,11,14,16H,4-5,8-10H2,(H,18,19,20). The summed E-state index contributed by atoms with van der Waals surface area (Å²) in [6.45, 7) is 0. The number of fused-ring (bicyclic) bond motifs is 1. The van der Waals surface area contributed by atoms with Crippen molar-refractivity contribution in [1.29, 1.82) is 0 Å². The first kappa shape index (κ1) is 11.9. The zero-order valence-electron chi connectivity index (χ0n) is 11.5. The second kappa shape index (κ2) is 4.89. The lowest BCUT2D eigenvalue weighted by atomic mass is 9.96. The number of hydrogen-bond acceptors (Lipinski definition) is 3. The number of aryl methyl sites for hydroxylation is 1. The minimum Gasteiger partial charge on any atom is -0.366 e. The van der Waals surface area contributed by atoms with E-state index < -0.39 is 0 Å². The van der Waals surface area contributed by atoms with Gasteiger partial charge in [0.05, 0.1) is 0 Å². The SMILES string of the molecule is c1ccc(C2CC2Nc2ncnc3c2CCCC3)cc1. The average Bonchev–Trinajstić information content (AvgIpc) is 3.28. The minimum atomic E-state index is 0.540. The van der Waals surface area contributed by atoms with Gasteiger partial charge in [-0.1, -0.05) is 30.3 Å². The van der Waals surface area contributed by atoms with Crippen molar-refractivity contribution >= 4 is 5.82 Å². The normalized spacial score (nSPS) is 24.0. The van der Waals surface area contributed by atoms with Crippen LogP contribution in [0.4, 0.5) is 5.82 Å². The molecule has 1 saturated carbocycles. The van der Waals surface area contributed by atoms with E-state index >= 15 is 0 Å². The number of hydrogen-bond donors (Lipinski definition) is 1. The zero-order valence-corrected chi connectivity index (χ0v) is 11.5. The van der Waals surface area contributed by atoms with E-state index in [1.54, 1.807) is 6.33 Å². The lowest BCUT2D eigenvalue weighted by molar-refractivity contribution is 0.663. The van der Waals surface area contributed by atoms with E-state index in [9.17, 15) is 0 Å². The van der Waals surface area contributed by atoms with Gasteiger partial charge in [-0.05, 0) is 37.7 Å². The number of benzene rings is 1. The van der Waals surface area contributed by atoms with Crippen LogP contribution < -0.4 is 5.32 Å². The Balaban J connectivity index is 1.51. The Hall–Kier alpha value is -1.90. The first-order valence-corrected chi connectivity index (χ1v) is 7.56. The van der Waals surface area contributed by atoms with Crippen molar-refractivity contribution in [3.05, 3.63) is 53.5 Å². The molecule has 1 N–H and O–H groups in total. The summed E-state index contributed by atoms with van der Waals surface area (Å²) in [5.41, 5.74) is 4.05. The van der Waals surface area contributed by atoms with Gasteiger partial charge in [0, 0.05) is 23.2 Å². The highest BCUT2D eigenvalue weighted by molar-refractivity contribution is 5.50. The Morgan fingerprint density at radius 3 is 2.75 bits per heavy atom. The van der Waals surface area contributed by atoms with Gasteiger partial charge in [0.2, 0.25) is 0 Å². The molecule has 0 radical (unpaired) electrons. The molecule has 2 atom stereocenters. The summed E-state index contributed by atoms with van der Waals surface area (Å²) in [5.74, 6) is 1.73. The maximum Gasteiger partial charge on any atom is 0.133 e. The topological polar surface area (TPSA) is 37.8 Å². The molecule has 0 bridgehead atoms. The minimum absolute atomic E-state index is 0.540. The first-order chi connectivity index (χ1) is 9.92. The maximum absolute atomic E-state index is 4.48. The van der Waals surface area contributed by atoms with E-state index in [2.05, 4.69) is 45.6 Å². The molecule has 3 heteroatoms. The van der Waals surface area contributed by atoms with Crippen molar-refractivity contribution in [3.8, 4) is 0 Å². The van der Waals surface area contributed by atoms with Crippen molar-refractivity contribution in [3.63, 3.8) is 0 Å². The average molecular weight is 265 g/mol.